The summed E-state index contributed by atoms with van der Waals surface area (Å²) in [5.74, 6) is 0.212. The van der Waals surface area contributed by atoms with E-state index in [0.717, 1.165) is 38.4 Å². The van der Waals surface area contributed by atoms with Crippen LogP contribution >= 0.6 is 0 Å². The molecule has 0 radical (unpaired) electrons. The summed E-state index contributed by atoms with van der Waals surface area (Å²) in [6.45, 7) is 9.72. The zero-order chi connectivity index (χ0) is 18.4. The lowest BCUT2D eigenvalue weighted by atomic mass is 10.2. The summed E-state index contributed by atoms with van der Waals surface area (Å²) in [6, 6.07) is 18.7. The van der Waals surface area contributed by atoms with Gasteiger partial charge in [0.1, 0.15) is 0 Å². The van der Waals surface area contributed by atoms with Crippen molar-refractivity contribution < 1.29 is 4.79 Å². The van der Waals surface area contributed by atoms with Crippen molar-refractivity contribution >= 4 is 17.3 Å². The van der Waals surface area contributed by atoms with Crippen molar-refractivity contribution in [2.45, 2.75) is 20.3 Å². The standard InChI is InChI=1S/C22H29N3O/c1-3-25(21-11-7-8-19(2)18-21)22(26)12-13-23-14-16-24(17-15-23)20-9-5-4-6-10-20/h4-11,18H,3,12-17H2,1-2H3. The number of nitrogens with zero attached hydrogens (tertiary/aromatic N) is 3. The largest absolute Gasteiger partial charge is 0.369 e. The molecule has 138 valence electrons. The van der Waals surface area contributed by atoms with Crippen molar-refractivity contribution in [3.63, 3.8) is 0 Å². The third kappa shape index (κ3) is 4.64. The Bertz CT molecular complexity index is 708. The zero-order valence-corrected chi connectivity index (χ0v) is 15.9. The van der Waals surface area contributed by atoms with E-state index in [1.807, 2.05) is 24.0 Å². The van der Waals surface area contributed by atoms with Gasteiger partial charge in [-0.3, -0.25) is 9.69 Å². The van der Waals surface area contributed by atoms with Crippen LogP contribution < -0.4 is 9.80 Å². The van der Waals surface area contributed by atoms with E-state index in [0.29, 0.717) is 13.0 Å². The smallest absolute Gasteiger partial charge is 0.228 e. The second kappa shape index (κ2) is 8.86. The number of carbonyl (C=O) groups is 1. The molecule has 0 aromatic heterocycles. The van der Waals surface area contributed by atoms with Crippen molar-refractivity contribution in [2.75, 3.05) is 49.1 Å². The average Bonchev–Trinajstić information content (AvgIpc) is 2.68. The van der Waals surface area contributed by atoms with E-state index < -0.39 is 0 Å². The van der Waals surface area contributed by atoms with Crippen molar-refractivity contribution in [1.29, 1.82) is 0 Å². The fourth-order valence-electron chi connectivity index (χ4n) is 3.56. The van der Waals surface area contributed by atoms with Crippen LogP contribution in [0.4, 0.5) is 11.4 Å². The number of amides is 1. The van der Waals surface area contributed by atoms with E-state index in [2.05, 4.69) is 59.2 Å². The Morgan fingerprint density at radius 2 is 1.73 bits per heavy atom. The maximum atomic E-state index is 12.7. The van der Waals surface area contributed by atoms with Gasteiger partial charge in [0, 0.05) is 57.1 Å². The lowest BCUT2D eigenvalue weighted by molar-refractivity contribution is -0.118. The number of piperazine rings is 1. The topological polar surface area (TPSA) is 26.8 Å². The lowest BCUT2D eigenvalue weighted by Crippen LogP contribution is -2.47. The van der Waals surface area contributed by atoms with E-state index in [1.165, 1.54) is 11.3 Å². The molecule has 0 aliphatic carbocycles. The summed E-state index contributed by atoms with van der Waals surface area (Å²) in [5, 5.41) is 0. The van der Waals surface area contributed by atoms with Crippen LogP contribution in [0.1, 0.15) is 18.9 Å². The van der Waals surface area contributed by atoms with Crippen LogP contribution in [0.15, 0.2) is 54.6 Å². The van der Waals surface area contributed by atoms with Crippen LogP contribution in [0, 0.1) is 6.92 Å². The number of aryl methyl sites for hydroxylation is 1. The highest BCUT2D eigenvalue weighted by Gasteiger charge is 2.19. The summed E-state index contributed by atoms with van der Waals surface area (Å²) in [7, 11) is 0. The Hall–Kier alpha value is -2.33. The predicted octanol–water partition coefficient (Wildman–Crippen LogP) is 3.56. The monoisotopic (exact) mass is 351 g/mol. The predicted molar refractivity (Wildman–Crippen MR) is 109 cm³/mol. The molecular formula is C22H29N3O. The first-order valence-electron chi connectivity index (χ1n) is 9.57. The van der Waals surface area contributed by atoms with Crippen LogP contribution in [0.2, 0.25) is 0 Å². The summed E-state index contributed by atoms with van der Waals surface area (Å²) >= 11 is 0. The molecule has 3 rings (SSSR count). The molecule has 0 N–H and O–H groups in total. The molecule has 1 aliphatic rings. The number of anilines is 2. The Balaban J connectivity index is 1.49. The van der Waals surface area contributed by atoms with Gasteiger partial charge in [-0.05, 0) is 43.7 Å². The fourth-order valence-corrected chi connectivity index (χ4v) is 3.56. The van der Waals surface area contributed by atoms with E-state index >= 15 is 0 Å². The molecule has 2 aromatic rings. The maximum Gasteiger partial charge on any atom is 0.228 e. The molecule has 4 heteroatoms. The van der Waals surface area contributed by atoms with Gasteiger partial charge in [0.25, 0.3) is 0 Å². The Kier molecular flexibility index (Phi) is 6.29. The second-order valence-corrected chi connectivity index (χ2v) is 6.89. The third-order valence-corrected chi connectivity index (χ3v) is 5.07. The molecule has 1 amide bonds. The molecule has 0 unspecified atom stereocenters. The highest BCUT2D eigenvalue weighted by Crippen LogP contribution is 2.18. The van der Waals surface area contributed by atoms with Gasteiger partial charge in [-0.25, -0.2) is 0 Å². The van der Waals surface area contributed by atoms with Gasteiger partial charge in [-0.2, -0.15) is 0 Å². The maximum absolute atomic E-state index is 12.7. The summed E-state index contributed by atoms with van der Waals surface area (Å²) in [4.78, 5) is 19.4. The summed E-state index contributed by atoms with van der Waals surface area (Å²) in [6.07, 6.45) is 0.577. The van der Waals surface area contributed by atoms with Gasteiger partial charge >= 0.3 is 0 Å². The molecule has 0 spiro atoms. The van der Waals surface area contributed by atoms with Crippen molar-refractivity contribution in [1.82, 2.24) is 4.90 Å². The first kappa shape index (κ1) is 18.5. The zero-order valence-electron chi connectivity index (χ0n) is 15.9. The molecule has 0 saturated carbocycles. The van der Waals surface area contributed by atoms with Gasteiger partial charge in [0.05, 0.1) is 0 Å². The lowest BCUT2D eigenvalue weighted by Gasteiger charge is -2.36. The minimum atomic E-state index is 0.212. The Morgan fingerprint density at radius 1 is 1.00 bits per heavy atom. The average molecular weight is 351 g/mol. The Labute approximate surface area is 157 Å². The molecule has 0 atom stereocenters. The number of rotatable bonds is 6. The number of hydrogen-bond donors (Lipinski definition) is 0. The van der Waals surface area contributed by atoms with Crippen LogP contribution in [-0.4, -0.2) is 50.1 Å². The van der Waals surface area contributed by atoms with Crippen LogP contribution in [0.25, 0.3) is 0 Å². The van der Waals surface area contributed by atoms with Crippen molar-refractivity contribution in [3.05, 3.63) is 60.2 Å². The van der Waals surface area contributed by atoms with E-state index in [9.17, 15) is 4.79 Å². The van der Waals surface area contributed by atoms with Gasteiger partial charge in [0.2, 0.25) is 5.91 Å². The number of benzene rings is 2. The molecule has 1 saturated heterocycles. The molecule has 4 nitrogen and oxygen atoms in total. The molecule has 0 bridgehead atoms. The highest BCUT2D eigenvalue weighted by atomic mass is 16.2. The summed E-state index contributed by atoms with van der Waals surface area (Å²) < 4.78 is 0. The molecule has 2 aromatic carbocycles. The molecule has 26 heavy (non-hydrogen) atoms. The van der Waals surface area contributed by atoms with Gasteiger partial charge in [-0.1, -0.05) is 30.3 Å². The fraction of sp³-hybridized carbons (Fsp3) is 0.409. The number of carbonyl (C=O) groups excluding carboxylic acids is 1. The normalized spacial score (nSPS) is 15.1. The van der Waals surface area contributed by atoms with Crippen LogP contribution in [0.3, 0.4) is 0 Å². The van der Waals surface area contributed by atoms with E-state index in [-0.39, 0.29) is 5.91 Å². The molecule has 1 aliphatic heterocycles. The Morgan fingerprint density at radius 3 is 2.38 bits per heavy atom. The van der Waals surface area contributed by atoms with Crippen molar-refractivity contribution in [3.8, 4) is 0 Å². The second-order valence-electron chi connectivity index (χ2n) is 6.89. The minimum absolute atomic E-state index is 0.212. The quantitative estimate of drug-likeness (QED) is 0.796. The van der Waals surface area contributed by atoms with Crippen molar-refractivity contribution in [2.24, 2.45) is 0 Å². The molecule has 1 fully saturated rings. The van der Waals surface area contributed by atoms with Gasteiger partial charge in [0.15, 0.2) is 0 Å². The molecular weight excluding hydrogens is 322 g/mol. The first-order chi connectivity index (χ1) is 12.7. The van der Waals surface area contributed by atoms with E-state index in [1.54, 1.807) is 0 Å². The number of para-hydroxylation sites is 1. The van der Waals surface area contributed by atoms with E-state index in [4.69, 9.17) is 0 Å². The van der Waals surface area contributed by atoms with Gasteiger partial charge < -0.3 is 9.80 Å². The summed E-state index contributed by atoms with van der Waals surface area (Å²) in [5.41, 5.74) is 3.48. The number of hydrogen-bond acceptors (Lipinski definition) is 3. The third-order valence-electron chi connectivity index (χ3n) is 5.07. The minimum Gasteiger partial charge on any atom is -0.369 e. The van der Waals surface area contributed by atoms with Crippen LogP contribution in [-0.2, 0) is 4.79 Å². The first-order valence-corrected chi connectivity index (χ1v) is 9.57. The SMILES string of the molecule is CCN(C(=O)CCN1CCN(c2ccccc2)CC1)c1cccc(C)c1. The molecule has 1 heterocycles. The van der Waals surface area contributed by atoms with Crippen LogP contribution in [0.5, 0.6) is 0 Å². The highest BCUT2D eigenvalue weighted by molar-refractivity contribution is 5.93. The van der Waals surface area contributed by atoms with Gasteiger partial charge in [-0.15, -0.1) is 0 Å².